The van der Waals surface area contributed by atoms with E-state index in [2.05, 4.69) is 19.1 Å². The number of ether oxygens (including phenoxy) is 1. The van der Waals surface area contributed by atoms with E-state index in [-0.39, 0.29) is 12.1 Å². The van der Waals surface area contributed by atoms with Crippen molar-refractivity contribution in [3.63, 3.8) is 0 Å². The fraction of sp³-hybridized carbons (Fsp3) is 0.786. The third-order valence-electron chi connectivity index (χ3n) is 2.99. The van der Waals surface area contributed by atoms with Gasteiger partial charge in [-0.2, -0.15) is 0 Å². The van der Waals surface area contributed by atoms with Gasteiger partial charge in [-0.25, -0.2) is 0 Å². The molecule has 1 unspecified atom stereocenters. The molecular formula is C14H24O2. The molecule has 2 heteroatoms. The third kappa shape index (κ3) is 5.94. The van der Waals surface area contributed by atoms with Crippen molar-refractivity contribution in [3.8, 4) is 0 Å². The fourth-order valence-electron chi connectivity index (χ4n) is 1.97. The largest absolute Gasteiger partial charge is 0.458 e. The molecule has 0 radical (unpaired) electrons. The monoisotopic (exact) mass is 224 g/mol. The van der Waals surface area contributed by atoms with Gasteiger partial charge < -0.3 is 4.74 Å². The van der Waals surface area contributed by atoms with Crippen molar-refractivity contribution in [2.24, 2.45) is 0 Å². The zero-order valence-electron chi connectivity index (χ0n) is 10.4. The smallest absolute Gasteiger partial charge is 0.306 e. The minimum absolute atomic E-state index is 0.0470. The standard InChI is InChI=1S/C14H24O2/c1-2-3-4-5-6-7-8-9-10-13-11-12-14(15)16-13/h9-10,13H,2-8,11-12H2,1H3/b10-9-. The van der Waals surface area contributed by atoms with Gasteiger partial charge in [-0.15, -0.1) is 0 Å². The zero-order valence-corrected chi connectivity index (χ0v) is 10.4. The topological polar surface area (TPSA) is 26.3 Å². The number of hydrogen-bond donors (Lipinski definition) is 0. The van der Waals surface area contributed by atoms with E-state index in [0.29, 0.717) is 6.42 Å². The summed E-state index contributed by atoms with van der Waals surface area (Å²) >= 11 is 0. The molecule has 0 saturated carbocycles. The highest BCUT2D eigenvalue weighted by Gasteiger charge is 2.19. The molecule has 1 rings (SSSR count). The van der Waals surface area contributed by atoms with Crippen LogP contribution in [0, 0.1) is 0 Å². The van der Waals surface area contributed by atoms with Crippen LogP contribution in [0.4, 0.5) is 0 Å². The second-order valence-electron chi connectivity index (χ2n) is 4.55. The lowest BCUT2D eigenvalue weighted by Gasteiger charge is -2.01. The van der Waals surface area contributed by atoms with Gasteiger partial charge in [0, 0.05) is 6.42 Å². The number of esters is 1. The summed E-state index contributed by atoms with van der Waals surface area (Å²) in [6, 6.07) is 0. The van der Waals surface area contributed by atoms with Gasteiger partial charge in [0.25, 0.3) is 0 Å². The minimum Gasteiger partial charge on any atom is -0.458 e. The molecule has 16 heavy (non-hydrogen) atoms. The number of carbonyl (C=O) groups is 1. The molecule has 0 aliphatic carbocycles. The highest BCUT2D eigenvalue weighted by molar-refractivity contribution is 5.71. The summed E-state index contributed by atoms with van der Waals surface area (Å²) in [5.74, 6) is -0.0470. The Hall–Kier alpha value is -0.790. The lowest BCUT2D eigenvalue weighted by molar-refractivity contribution is -0.139. The van der Waals surface area contributed by atoms with Crippen LogP contribution in [0.25, 0.3) is 0 Å². The lowest BCUT2D eigenvalue weighted by Crippen LogP contribution is -2.01. The van der Waals surface area contributed by atoms with E-state index in [0.717, 1.165) is 12.8 Å². The Labute approximate surface area is 99.1 Å². The summed E-state index contributed by atoms with van der Waals surface area (Å²) in [5, 5.41) is 0. The lowest BCUT2D eigenvalue weighted by atomic mass is 10.1. The van der Waals surface area contributed by atoms with E-state index in [9.17, 15) is 4.79 Å². The van der Waals surface area contributed by atoms with Crippen LogP contribution in [-0.4, -0.2) is 12.1 Å². The van der Waals surface area contributed by atoms with Gasteiger partial charge in [0.05, 0.1) is 0 Å². The van der Waals surface area contributed by atoms with E-state index in [1.165, 1.54) is 38.5 Å². The highest BCUT2D eigenvalue weighted by atomic mass is 16.5. The van der Waals surface area contributed by atoms with E-state index in [4.69, 9.17) is 4.74 Å². The second kappa shape index (κ2) is 8.37. The predicted molar refractivity (Wildman–Crippen MR) is 66.2 cm³/mol. The number of cyclic esters (lactones) is 1. The summed E-state index contributed by atoms with van der Waals surface area (Å²) < 4.78 is 5.10. The molecule has 2 nitrogen and oxygen atoms in total. The Morgan fingerprint density at radius 2 is 2.00 bits per heavy atom. The van der Waals surface area contributed by atoms with E-state index < -0.39 is 0 Å². The van der Waals surface area contributed by atoms with Crippen LogP contribution >= 0.6 is 0 Å². The van der Waals surface area contributed by atoms with Gasteiger partial charge >= 0.3 is 5.97 Å². The predicted octanol–water partition coefficient (Wildman–Crippen LogP) is 4.00. The molecule has 1 heterocycles. The minimum atomic E-state index is -0.0470. The Morgan fingerprint density at radius 3 is 2.69 bits per heavy atom. The number of hydrogen-bond acceptors (Lipinski definition) is 2. The molecule has 0 aromatic rings. The van der Waals surface area contributed by atoms with Crippen molar-refractivity contribution in [1.82, 2.24) is 0 Å². The van der Waals surface area contributed by atoms with Crippen LogP contribution < -0.4 is 0 Å². The first-order chi connectivity index (χ1) is 7.83. The summed E-state index contributed by atoms with van der Waals surface area (Å²) in [6.07, 6.45) is 14.9. The molecule has 92 valence electrons. The number of allylic oxidation sites excluding steroid dienone is 1. The Bertz CT molecular complexity index is 221. The van der Waals surface area contributed by atoms with Gasteiger partial charge in [0.2, 0.25) is 0 Å². The second-order valence-corrected chi connectivity index (χ2v) is 4.55. The van der Waals surface area contributed by atoms with Gasteiger partial charge in [-0.1, -0.05) is 45.1 Å². The van der Waals surface area contributed by atoms with Gasteiger partial charge in [-0.05, 0) is 25.3 Å². The van der Waals surface area contributed by atoms with Crippen molar-refractivity contribution in [2.75, 3.05) is 0 Å². The third-order valence-corrected chi connectivity index (χ3v) is 2.99. The summed E-state index contributed by atoms with van der Waals surface area (Å²) in [5.41, 5.74) is 0. The molecule has 1 aliphatic heterocycles. The van der Waals surface area contributed by atoms with Gasteiger partial charge in [0.1, 0.15) is 6.10 Å². The molecule has 0 amide bonds. The maximum absolute atomic E-state index is 10.8. The maximum atomic E-state index is 10.8. The van der Waals surface area contributed by atoms with Gasteiger partial charge in [-0.3, -0.25) is 4.79 Å². The van der Waals surface area contributed by atoms with Crippen LogP contribution in [0.5, 0.6) is 0 Å². The number of carbonyl (C=O) groups excluding carboxylic acids is 1. The SMILES string of the molecule is CCCCCCCC/C=C\C1CCC(=O)O1. The average molecular weight is 224 g/mol. The van der Waals surface area contributed by atoms with E-state index in [1.807, 2.05) is 0 Å². The van der Waals surface area contributed by atoms with Crippen molar-refractivity contribution in [3.05, 3.63) is 12.2 Å². The number of unbranched alkanes of at least 4 members (excludes halogenated alkanes) is 6. The zero-order chi connectivity index (χ0) is 11.6. The van der Waals surface area contributed by atoms with Crippen molar-refractivity contribution >= 4 is 5.97 Å². The first-order valence-electron chi connectivity index (χ1n) is 6.69. The quantitative estimate of drug-likeness (QED) is 0.354. The molecule has 0 spiro atoms. The molecule has 0 aromatic carbocycles. The Kier molecular flexibility index (Phi) is 6.95. The highest BCUT2D eigenvalue weighted by Crippen LogP contribution is 2.15. The molecule has 1 saturated heterocycles. The molecule has 0 bridgehead atoms. The van der Waals surface area contributed by atoms with Crippen LogP contribution in [0.1, 0.15) is 64.7 Å². The molecule has 1 atom stereocenters. The summed E-state index contributed by atoms with van der Waals surface area (Å²) in [4.78, 5) is 10.8. The van der Waals surface area contributed by atoms with Crippen molar-refractivity contribution < 1.29 is 9.53 Å². The number of rotatable bonds is 8. The molecule has 1 aliphatic rings. The first kappa shape index (κ1) is 13.3. The van der Waals surface area contributed by atoms with Crippen molar-refractivity contribution in [2.45, 2.75) is 70.8 Å². The molecular weight excluding hydrogens is 200 g/mol. The molecule has 0 N–H and O–H groups in total. The van der Waals surface area contributed by atoms with Crippen LogP contribution in [-0.2, 0) is 9.53 Å². The maximum Gasteiger partial charge on any atom is 0.306 e. The first-order valence-corrected chi connectivity index (χ1v) is 6.69. The molecule has 1 fully saturated rings. The normalized spacial score (nSPS) is 20.6. The van der Waals surface area contributed by atoms with Gasteiger partial charge in [0.15, 0.2) is 0 Å². The van der Waals surface area contributed by atoms with E-state index >= 15 is 0 Å². The summed E-state index contributed by atoms with van der Waals surface area (Å²) in [7, 11) is 0. The Morgan fingerprint density at radius 1 is 1.25 bits per heavy atom. The summed E-state index contributed by atoms with van der Waals surface area (Å²) in [6.45, 7) is 2.24. The van der Waals surface area contributed by atoms with Crippen LogP contribution in [0.3, 0.4) is 0 Å². The fourth-order valence-corrected chi connectivity index (χ4v) is 1.97. The molecule has 0 aromatic heterocycles. The average Bonchev–Trinajstić information content (AvgIpc) is 2.68. The van der Waals surface area contributed by atoms with Crippen molar-refractivity contribution in [1.29, 1.82) is 0 Å². The van der Waals surface area contributed by atoms with Crippen LogP contribution in [0.2, 0.25) is 0 Å². The van der Waals surface area contributed by atoms with Crippen LogP contribution in [0.15, 0.2) is 12.2 Å². The van der Waals surface area contributed by atoms with E-state index in [1.54, 1.807) is 0 Å². The Balaban J connectivity index is 1.90.